The summed E-state index contributed by atoms with van der Waals surface area (Å²) in [6, 6.07) is 15.7. The Morgan fingerprint density at radius 2 is 1.13 bits per heavy atom. The molecule has 8 atom stereocenters. The zero-order valence-corrected chi connectivity index (χ0v) is 32.7. The maximum absolute atomic E-state index is 13.8. The van der Waals surface area contributed by atoms with Crippen LogP contribution >= 0.6 is 0 Å². The van der Waals surface area contributed by atoms with E-state index in [0.717, 1.165) is 17.5 Å². The van der Waals surface area contributed by atoms with Gasteiger partial charge in [0.1, 0.15) is 11.6 Å². The zero-order valence-electron chi connectivity index (χ0n) is 32.7. The maximum atomic E-state index is 13.8. The van der Waals surface area contributed by atoms with Crippen molar-refractivity contribution in [3.63, 3.8) is 0 Å². The van der Waals surface area contributed by atoms with Crippen molar-refractivity contribution in [1.29, 1.82) is 0 Å². The Balaban J connectivity index is 0.714. The van der Waals surface area contributed by atoms with E-state index >= 15 is 0 Å². The summed E-state index contributed by atoms with van der Waals surface area (Å²) in [4.78, 5) is 53.1. The second-order valence-corrected chi connectivity index (χ2v) is 16.5. The van der Waals surface area contributed by atoms with E-state index in [0.29, 0.717) is 66.5 Å². The second kappa shape index (κ2) is 15.9. The van der Waals surface area contributed by atoms with Gasteiger partial charge in [-0.05, 0) is 110 Å². The van der Waals surface area contributed by atoms with Gasteiger partial charge in [0, 0.05) is 60.9 Å². The molecule has 4 fully saturated rings. The van der Waals surface area contributed by atoms with E-state index in [9.17, 15) is 19.8 Å². The third-order valence-electron chi connectivity index (χ3n) is 12.3. The molecule has 0 amide bonds. The zero-order chi connectivity index (χ0) is 40.7. The Morgan fingerprint density at radius 3 is 1.78 bits per heavy atom. The van der Waals surface area contributed by atoms with E-state index in [1.165, 1.54) is 29.0 Å². The fourth-order valence-electron chi connectivity index (χ4n) is 8.74. The van der Waals surface area contributed by atoms with Crippen LogP contribution in [0.3, 0.4) is 0 Å². The smallest absolute Gasteiger partial charge is 0.258 e. The average molecular weight is 807 g/mol. The number of aliphatic hydroxyl groups is 2. The van der Waals surface area contributed by atoms with Crippen LogP contribution in [-0.2, 0) is 0 Å². The van der Waals surface area contributed by atoms with Gasteiger partial charge in [-0.3, -0.25) is 18.7 Å². The Morgan fingerprint density at radius 1 is 0.533 bits per heavy atom. The standard InChI is InChI=1S/C44H46N12O4/c57-37-17-29(15-35(37)53-40-11-8-30(23-46-40)55-12-2-1-5-41(55)59)52-43-49-21-27(22-50-43)33-18-34(33)32-4-3-13-56(42(32)60)31-9-10-39(45-24-31)51-28-14-36(38(58)16-28)54-44-47-19-26(20-48-44)25-6-7-25/h1-5,8-13,19-25,28-29,33-38,57-58H,6-7,14-18H2,(H,45,51)(H,46,53)(H,47,48,54)(H,49,50,52)/t28-,29+,33?,34?,35+,36-,37-,38?/m0/s1. The highest BCUT2D eigenvalue weighted by atomic mass is 16.3. The number of hydrogen-bond acceptors (Lipinski definition) is 14. The SMILES string of the molecule is O=c1ccccn1-c1ccc(N[C@@H]2C[C@@H](Nc3ncc(C4CC4c4cccn(-c5ccc(N[C@@H]6CC(O)[C@@H](Nc7ncc(C8CC8)cn7)C6)nc5)c4=O)cn3)C[C@@H]2O)nc1. The lowest BCUT2D eigenvalue weighted by atomic mass is 10.1. The average Bonchev–Trinajstić information content (AvgIpc) is 4.20. The lowest BCUT2D eigenvalue weighted by molar-refractivity contribution is 0.170. The number of rotatable bonds is 13. The Kier molecular flexibility index (Phi) is 10.0. The van der Waals surface area contributed by atoms with Gasteiger partial charge in [-0.2, -0.15) is 0 Å². The summed E-state index contributed by atoms with van der Waals surface area (Å²) >= 11 is 0. The van der Waals surface area contributed by atoms with Crippen LogP contribution in [-0.4, -0.2) is 85.6 Å². The predicted octanol–water partition coefficient (Wildman–Crippen LogP) is 4.34. The van der Waals surface area contributed by atoms with Crippen LogP contribution in [0, 0.1) is 0 Å². The first-order valence-electron chi connectivity index (χ1n) is 20.7. The van der Waals surface area contributed by atoms with Gasteiger partial charge < -0.3 is 31.5 Å². The summed E-state index contributed by atoms with van der Waals surface area (Å²) in [6.07, 6.45) is 18.7. The molecule has 3 unspecified atom stereocenters. The molecule has 6 N–H and O–H groups in total. The van der Waals surface area contributed by atoms with Crippen LogP contribution in [0.1, 0.15) is 79.4 Å². The molecule has 0 radical (unpaired) electrons. The molecule has 16 heteroatoms. The topological polar surface area (TPSA) is 210 Å². The second-order valence-electron chi connectivity index (χ2n) is 16.5. The first-order chi connectivity index (χ1) is 29.3. The molecule has 16 nitrogen and oxygen atoms in total. The Labute approximate surface area is 345 Å². The van der Waals surface area contributed by atoms with Crippen LogP contribution < -0.4 is 32.4 Å². The largest absolute Gasteiger partial charge is 0.391 e. The van der Waals surface area contributed by atoms with Crippen molar-refractivity contribution in [2.75, 3.05) is 21.3 Å². The molecule has 6 aromatic rings. The minimum absolute atomic E-state index is 0.0165. The van der Waals surface area contributed by atoms with E-state index in [4.69, 9.17) is 0 Å². The van der Waals surface area contributed by atoms with Gasteiger partial charge in [-0.25, -0.2) is 29.9 Å². The molecule has 4 saturated carbocycles. The van der Waals surface area contributed by atoms with Gasteiger partial charge in [0.25, 0.3) is 11.1 Å². The van der Waals surface area contributed by atoms with Gasteiger partial charge >= 0.3 is 0 Å². The minimum Gasteiger partial charge on any atom is -0.391 e. The fourth-order valence-corrected chi connectivity index (χ4v) is 8.74. The van der Waals surface area contributed by atoms with Gasteiger partial charge in [0.15, 0.2) is 0 Å². The summed E-state index contributed by atoms with van der Waals surface area (Å²) in [5, 5.41) is 35.0. The molecule has 0 bridgehead atoms. The van der Waals surface area contributed by atoms with Gasteiger partial charge in [-0.15, -0.1) is 0 Å². The Bertz CT molecular complexity index is 2560. The van der Waals surface area contributed by atoms with Crippen molar-refractivity contribution in [2.24, 2.45) is 0 Å². The molecule has 0 saturated heterocycles. The first-order valence-corrected chi connectivity index (χ1v) is 20.7. The molecule has 10 rings (SSSR count). The molecular formula is C44H46N12O4. The lowest BCUT2D eigenvalue weighted by Crippen LogP contribution is -2.29. The molecule has 306 valence electrons. The maximum Gasteiger partial charge on any atom is 0.258 e. The third kappa shape index (κ3) is 8.07. The normalized spacial score (nSPS) is 25.8. The van der Waals surface area contributed by atoms with Crippen LogP contribution in [0.15, 0.2) is 114 Å². The summed E-state index contributed by atoms with van der Waals surface area (Å²) in [7, 11) is 0. The first kappa shape index (κ1) is 37.7. The number of aromatic nitrogens is 8. The quantitative estimate of drug-likeness (QED) is 0.0960. The van der Waals surface area contributed by atoms with Crippen LogP contribution in [0.25, 0.3) is 11.4 Å². The van der Waals surface area contributed by atoms with Crippen LogP contribution in [0.5, 0.6) is 0 Å². The summed E-state index contributed by atoms with van der Waals surface area (Å²) in [6.45, 7) is 0. The fraction of sp³-hybridized carbons (Fsp3) is 0.364. The lowest BCUT2D eigenvalue weighted by Gasteiger charge is -2.17. The van der Waals surface area contributed by atoms with Crippen molar-refractivity contribution in [3.05, 3.63) is 142 Å². The predicted molar refractivity (Wildman–Crippen MR) is 226 cm³/mol. The highest BCUT2D eigenvalue weighted by molar-refractivity contribution is 5.45. The number of hydrogen-bond donors (Lipinski definition) is 6. The van der Waals surface area contributed by atoms with E-state index in [2.05, 4.69) is 51.2 Å². The molecule has 0 aromatic carbocycles. The number of nitrogens with one attached hydrogen (secondary N) is 4. The van der Waals surface area contributed by atoms with E-state index in [1.54, 1.807) is 47.6 Å². The van der Waals surface area contributed by atoms with E-state index < -0.39 is 12.2 Å². The summed E-state index contributed by atoms with van der Waals surface area (Å²) in [5.41, 5.74) is 4.02. The third-order valence-corrected chi connectivity index (χ3v) is 12.3. The highest BCUT2D eigenvalue weighted by Crippen LogP contribution is 2.53. The minimum atomic E-state index is -0.591. The monoisotopic (exact) mass is 806 g/mol. The Hall–Kier alpha value is -6.52. The van der Waals surface area contributed by atoms with Gasteiger partial charge in [0.05, 0.1) is 48.1 Å². The van der Waals surface area contributed by atoms with Crippen LogP contribution in [0.4, 0.5) is 23.5 Å². The number of aliphatic hydroxyl groups excluding tert-OH is 2. The molecule has 4 aliphatic rings. The van der Waals surface area contributed by atoms with E-state index in [1.807, 2.05) is 55.1 Å². The number of anilines is 4. The molecular weight excluding hydrogens is 761 g/mol. The molecule has 60 heavy (non-hydrogen) atoms. The molecule has 0 spiro atoms. The number of pyridine rings is 4. The molecule has 4 aliphatic carbocycles. The van der Waals surface area contributed by atoms with Gasteiger partial charge in [-0.1, -0.05) is 12.1 Å². The molecule has 6 aromatic heterocycles. The highest BCUT2D eigenvalue weighted by Gasteiger charge is 2.42. The summed E-state index contributed by atoms with van der Waals surface area (Å²) < 4.78 is 3.16. The van der Waals surface area contributed by atoms with Crippen LogP contribution in [0.2, 0.25) is 0 Å². The summed E-state index contributed by atoms with van der Waals surface area (Å²) in [5.74, 6) is 3.11. The van der Waals surface area contributed by atoms with Crippen molar-refractivity contribution in [3.8, 4) is 11.4 Å². The van der Waals surface area contributed by atoms with Crippen molar-refractivity contribution in [2.45, 2.75) is 99.1 Å². The molecule has 0 aliphatic heterocycles. The van der Waals surface area contributed by atoms with Crippen molar-refractivity contribution < 1.29 is 10.2 Å². The van der Waals surface area contributed by atoms with Crippen molar-refractivity contribution >= 4 is 23.5 Å². The van der Waals surface area contributed by atoms with Crippen molar-refractivity contribution in [1.82, 2.24) is 39.0 Å². The number of nitrogens with zero attached hydrogens (tertiary/aromatic N) is 8. The molecule has 6 heterocycles. The van der Waals surface area contributed by atoms with Gasteiger partial charge in [0.2, 0.25) is 11.9 Å². The van der Waals surface area contributed by atoms with E-state index in [-0.39, 0.29) is 47.1 Å².